The lowest BCUT2D eigenvalue weighted by Gasteiger charge is -2.09. The van der Waals surface area contributed by atoms with Crippen LogP contribution >= 0.6 is 11.3 Å². The summed E-state index contributed by atoms with van der Waals surface area (Å²) < 4.78 is 0. The van der Waals surface area contributed by atoms with E-state index < -0.39 is 5.92 Å². The molecule has 1 aromatic heterocycles. The maximum absolute atomic E-state index is 12.4. The maximum Gasteiger partial charge on any atom is 0.269 e. The predicted octanol–water partition coefficient (Wildman–Crippen LogP) is 3.20. The van der Waals surface area contributed by atoms with Gasteiger partial charge >= 0.3 is 0 Å². The summed E-state index contributed by atoms with van der Waals surface area (Å²) in [6.07, 6.45) is 4.13. The minimum atomic E-state index is -0.616. The summed E-state index contributed by atoms with van der Waals surface area (Å²) in [5.41, 5.74) is 1.31. The van der Waals surface area contributed by atoms with Gasteiger partial charge in [0, 0.05) is 28.7 Å². The Bertz CT molecular complexity index is 1140. The molecule has 1 atom stereocenters. The van der Waals surface area contributed by atoms with E-state index in [9.17, 15) is 14.4 Å². The van der Waals surface area contributed by atoms with Crippen molar-refractivity contribution in [3.8, 4) is 0 Å². The molecule has 0 bridgehead atoms. The second-order valence-corrected chi connectivity index (χ2v) is 7.24. The third kappa shape index (κ3) is 4.44. The second kappa shape index (κ2) is 8.15. The molecule has 0 saturated carbocycles. The van der Waals surface area contributed by atoms with Crippen molar-refractivity contribution < 1.29 is 14.4 Å². The van der Waals surface area contributed by atoms with Crippen molar-refractivity contribution in [3.63, 3.8) is 0 Å². The average molecular weight is 404 g/mol. The highest BCUT2D eigenvalue weighted by atomic mass is 32.1. The molecule has 0 saturated heterocycles. The molecular weight excluding hydrogens is 388 g/mol. The second-order valence-electron chi connectivity index (χ2n) is 6.39. The number of benzene rings is 2. The molecule has 8 heteroatoms. The quantitative estimate of drug-likeness (QED) is 0.682. The zero-order valence-corrected chi connectivity index (χ0v) is 16.0. The number of nitrogens with one attached hydrogen (secondary N) is 2. The van der Waals surface area contributed by atoms with E-state index in [4.69, 9.17) is 0 Å². The molecule has 7 nitrogen and oxygen atoms in total. The average Bonchev–Trinajstić information content (AvgIpc) is 3.15. The Morgan fingerprint density at radius 3 is 2.72 bits per heavy atom. The van der Waals surface area contributed by atoms with E-state index in [1.807, 2.05) is 42.5 Å². The van der Waals surface area contributed by atoms with E-state index in [-0.39, 0.29) is 24.1 Å². The molecule has 0 radical (unpaired) electrons. The SMILES string of the molecule is O=C1C=CC(C(=O)Nc2nc(CC(=O)Nc3cccc4ccccc34)cs2)C=N1. The summed E-state index contributed by atoms with van der Waals surface area (Å²) in [5, 5.41) is 9.73. The molecule has 2 aromatic carbocycles. The van der Waals surface area contributed by atoms with Crippen LogP contribution in [0.25, 0.3) is 10.8 Å². The molecule has 29 heavy (non-hydrogen) atoms. The van der Waals surface area contributed by atoms with Crippen molar-refractivity contribution in [2.75, 3.05) is 10.6 Å². The number of hydrogen-bond acceptors (Lipinski definition) is 5. The van der Waals surface area contributed by atoms with Crippen LogP contribution < -0.4 is 10.6 Å². The fraction of sp³-hybridized carbons (Fsp3) is 0.0952. The van der Waals surface area contributed by atoms with Gasteiger partial charge in [0.05, 0.1) is 18.0 Å². The first-order chi connectivity index (χ1) is 14.1. The van der Waals surface area contributed by atoms with Gasteiger partial charge in [-0.25, -0.2) is 9.98 Å². The fourth-order valence-electron chi connectivity index (χ4n) is 2.92. The predicted molar refractivity (Wildman–Crippen MR) is 113 cm³/mol. The number of thiazole rings is 1. The van der Waals surface area contributed by atoms with E-state index in [1.54, 1.807) is 5.38 Å². The van der Waals surface area contributed by atoms with Crippen LogP contribution in [-0.2, 0) is 20.8 Å². The van der Waals surface area contributed by atoms with Gasteiger partial charge in [-0.15, -0.1) is 11.3 Å². The Kier molecular flexibility index (Phi) is 5.26. The Morgan fingerprint density at radius 2 is 1.90 bits per heavy atom. The van der Waals surface area contributed by atoms with Crippen molar-refractivity contribution in [3.05, 3.63) is 65.7 Å². The number of hydrogen-bond donors (Lipinski definition) is 2. The molecule has 4 rings (SSSR count). The van der Waals surface area contributed by atoms with Gasteiger partial charge in [0.1, 0.15) is 0 Å². The van der Waals surface area contributed by atoms with E-state index >= 15 is 0 Å². The topological polar surface area (TPSA) is 101 Å². The molecule has 1 unspecified atom stereocenters. The van der Waals surface area contributed by atoms with Gasteiger partial charge in [0.25, 0.3) is 5.91 Å². The first-order valence-electron chi connectivity index (χ1n) is 8.88. The van der Waals surface area contributed by atoms with Crippen LogP contribution in [0.2, 0.25) is 0 Å². The number of aliphatic imine (C=N–C) groups is 1. The maximum atomic E-state index is 12.4. The smallest absolute Gasteiger partial charge is 0.269 e. The van der Waals surface area contributed by atoms with Crippen LogP contribution in [0.5, 0.6) is 0 Å². The summed E-state index contributed by atoms with van der Waals surface area (Å²) in [6, 6.07) is 13.6. The summed E-state index contributed by atoms with van der Waals surface area (Å²) in [5.74, 6) is -1.53. The molecule has 0 fully saturated rings. The Balaban J connectivity index is 1.38. The number of anilines is 2. The molecule has 2 N–H and O–H groups in total. The van der Waals surface area contributed by atoms with Crippen LogP contribution in [0.15, 0.2) is 65.0 Å². The lowest BCUT2D eigenvalue weighted by molar-refractivity contribution is -0.117. The van der Waals surface area contributed by atoms with Crippen LogP contribution in [0, 0.1) is 5.92 Å². The molecule has 0 spiro atoms. The van der Waals surface area contributed by atoms with E-state index in [1.165, 1.54) is 29.7 Å². The van der Waals surface area contributed by atoms with Gasteiger partial charge < -0.3 is 10.6 Å². The molecule has 0 aliphatic carbocycles. The summed E-state index contributed by atoms with van der Waals surface area (Å²) in [4.78, 5) is 43.6. The van der Waals surface area contributed by atoms with Gasteiger partial charge in [0.15, 0.2) is 5.13 Å². The number of amides is 3. The van der Waals surface area contributed by atoms with Gasteiger partial charge in [-0.3, -0.25) is 14.4 Å². The minimum Gasteiger partial charge on any atom is -0.325 e. The van der Waals surface area contributed by atoms with E-state index in [0.29, 0.717) is 10.8 Å². The third-order valence-corrected chi connectivity index (χ3v) is 5.11. The first kappa shape index (κ1) is 18.7. The molecule has 2 heterocycles. The van der Waals surface area contributed by atoms with Crippen LogP contribution in [0.1, 0.15) is 5.69 Å². The number of aromatic nitrogens is 1. The van der Waals surface area contributed by atoms with Crippen LogP contribution in [0.3, 0.4) is 0 Å². The van der Waals surface area contributed by atoms with Gasteiger partial charge in [-0.1, -0.05) is 42.5 Å². The fourth-order valence-corrected chi connectivity index (χ4v) is 3.63. The summed E-state index contributed by atoms with van der Waals surface area (Å²) >= 11 is 1.23. The Hall–Kier alpha value is -3.65. The number of nitrogens with zero attached hydrogens (tertiary/aromatic N) is 2. The first-order valence-corrected chi connectivity index (χ1v) is 9.76. The zero-order valence-electron chi connectivity index (χ0n) is 15.2. The van der Waals surface area contributed by atoms with E-state index in [0.717, 1.165) is 16.5 Å². The molecule has 3 amide bonds. The normalized spacial score (nSPS) is 15.4. The largest absolute Gasteiger partial charge is 0.325 e. The monoisotopic (exact) mass is 404 g/mol. The van der Waals surface area contributed by atoms with E-state index in [2.05, 4.69) is 20.6 Å². The lowest BCUT2D eigenvalue weighted by Crippen LogP contribution is -2.24. The van der Waals surface area contributed by atoms with Crippen LogP contribution in [-0.4, -0.2) is 28.9 Å². The molecular formula is C21H16N4O3S. The zero-order chi connectivity index (χ0) is 20.2. The van der Waals surface area contributed by atoms with Crippen molar-refractivity contribution in [2.24, 2.45) is 10.9 Å². The van der Waals surface area contributed by atoms with Gasteiger partial charge in [-0.05, 0) is 11.5 Å². The third-order valence-electron chi connectivity index (χ3n) is 4.30. The standard InChI is InChI=1S/C21H16N4O3S/c26-18-9-8-14(11-22-18)20(28)25-21-23-15(12-29-21)10-19(27)24-17-7-3-5-13-4-1-2-6-16(13)17/h1-9,11-12,14H,10H2,(H,24,27)(H,23,25,28). The highest BCUT2D eigenvalue weighted by molar-refractivity contribution is 7.14. The minimum absolute atomic E-state index is 0.0921. The Morgan fingerprint density at radius 1 is 1.07 bits per heavy atom. The Labute approximate surface area is 170 Å². The number of carbonyl (C=O) groups excluding carboxylic acids is 3. The number of fused-ring (bicyclic) bond motifs is 1. The number of carbonyl (C=O) groups is 3. The van der Waals surface area contributed by atoms with Crippen molar-refractivity contribution in [1.29, 1.82) is 0 Å². The van der Waals surface area contributed by atoms with Crippen molar-refractivity contribution in [2.45, 2.75) is 6.42 Å². The van der Waals surface area contributed by atoms with Gasteiger partial charge in [-0.2, -0.15) is 0 Å². The van der Waals surface area contributed by atoms with Gasteiger partial charge in [0.2, 0.25) is 11.8 Å². The molecule has 1 aliphatic heterocycles. The molecule has 1 aliphatic rings. The highest BCUT2D eigenvalue weighted by Crippen LogP contribution is 2.23. The number of dihydropyridines is 1. The highest BCUT2D eigenvalue weighted by Gasteiger charge is 2.18. The van der Waals surface area contributed by atoms with Crippen molar-refractivity contribution >= 4 is 56.9 Å². The van der Waals surface area contributed by atoms with Crippen LogP contribution in [0.4, 0.5) is 10.8 Å². The van der Waals surface area contributed by atoms with Crippen molar-refractivity contribution in [1.82, 2.24) is 4.98 Å². The molecule has 144 valence electrons. The number of rotatable bonds is 5. The summed E-state index contributed by atoms with van der Waals surface area (Å²) in [6.45, 7) is 0. The summed E-state index contributed by atoms with van der Waals surface area (Å²) in [7, 11) is 0. The lowest BCUT2D eigenvalue weighted by atomic mass is 10.1. The molecule has 3 aromatic rings.